The number of benzene rings is 2. The van der Waals surface area contributed by atoms with Crippen LogP contribution in [-0.4, -0.2) is 56.6 Å². The average Bonchev–Trinajstić information content (AvgIpc) is 2.88. The van der Waals surface area contributed by atoms with E-state index < -0.39 is 10.0 Å². The van der Waals surface area contributed by atoms with E-state index in [4.69, 9.17) is 0 Å². The van der Waals surface area contributed by atoms with Gasteiger partial charge in [-0.15, -0.1) is 11.8 Å². The summed E-state index contributed by atoms with van der Waals surface area (Å²) in [4.78, 5) is 18.5. The van der Waals surface area contributed by atoms with Crippen LogP contribution in [0.1, 0.15) is 60.5 Å². The Morgan fingerprint density at radius 3 is 2.43 bits per heavy atom. The molecule has 35 heavy (non-hydrogen) atoms. The molecule has 0 spiro atoms. The van der Waals surface area contributed by atoms with Gasteiger partial charge < -0.3 is 4.90 Å². The first kappa shape index (κ1) is 26.2. The number of piperidine rings is 2. The predicted molar refractivity (Wildman–Crippen MR) is 142 cm³/mol. The second-order valence-electron chi connectivity index (χ2n) is 9.82. The molecule has 0 radical (unpaired) electrons. The van der Waals surface area contributed by atoms with Gasteiger partial charge in [-0.25, -0.2) is 13.1 Å². The van der Waals surface area contributed by atoms with Gasteiger partial charge in [0.25, 0.3) is 5.91 Å². The highest BCUT2D eigenvalue weighted by Crippen LogP contribution is 2.27. The zero-order valence-electron chi connectivity index (χ0n) is 20.8. The molecule has 0 aromatic heterocycles. The molecule has 2 aromatic carbocycles. The van der Waals surface area contributed by atoms with Crippen LogP contribution in [0.15, 0.2) is 52.3 Å². The highest BCUT2D eigenvalue weighted by Gasteiger charge is 2.25. The summed E-state index contributed by atoms with van der Waals surface area (Å²) in [6.07, 6.45) is 7.67. The van der Waals surface area contributed by atoms with Crippen LogP contribution in [0, 0.1) is 5.92 Å². The van der Waals surface area contributed by atoms with Crippen molar-refractivity contribution < 1.29 is 13.2 Å². The van der Waals surface area contributed by atoms with E-state index in [-0.39, 0.29) is 17.3 Å². The number of nitrogens with one attached hydrogen (secondary N) is 1. The number of rotatable bonds is 8. The Balaban J connectivity index is 1.45. The van der Waals surface area contributed by atoms with Crippen molar-refractivity contribution >= 4 is 27.7 Å². The molecular formula is C27H37N3O3S2. The minimum Gasteiger partial charge on any atom is -0.339 e. The largest absolute Gasteiger partial charge is 0.339 e. The third-order valence-electron chi connectivity index (χ3n) is 7.10. The van der Waals surface area contributed by atoms with Crippen LogP contribution in [0.4, 0.5) is 0 Å². The van der Waals surface area contributed by atoms with Gasteiger partial charge in [0.15, 0.2) is 0 Å². The molecule has 2 saturated heterocycles. The summed E-state index contributed by atoms with van der Waals surface area (Å²) in [6.45, 7) is 7.01. The van der Waals surface area contributed by atoms with Gasteiger partial charge in [-0.05, 0) is 80.3 Å². The van der Waals surface area contributed by atoms with Gasteiger partial charge in [0.05, 0.1) is 10.5 Å². The topological polar surface area (TPSA) is 69.7 Å². The van der Waals surface area contributed by atoms with Crippen LogP contribution in [0.3, 0.4) is 0 Å². The summed E-state index contributed by atoms with van der Waals surface area (Å²) >= 11 is 1.47. The van der Waals surface area contributed by atoms with Crippen molar-refractivity contribution in [2.45, 2.75) is 61.9 Å². The summed E-state index contributed by atoms with van der Waals surface area (Å²) in [6, 6.07) is 13.0. The van der Waals surface area contributed by atoms with Crippen LogP contribution in [-0.2, 0) is 23.1 Å². The summed E-state index contributed by atoms with van der Waals surface area (Å²) in [5.41, 5.74) is 2.61. The number of carbonyl (C=O) groups is 1. The SMILES string of the molecule is CSc1ccc(S(=O)(=O)NCc2cccc(CN3CCCCC3)c2)cc1C(=O)N1CCC(C)CC1. The molecule has 6 nitrogen and oxygen atoms in total. The second-order valence-corrected chi connectivity index (χ2v) is 12.4. The third kappa shape index (κ3) is 6.88. The quantitative estimate of drug-likeness (QED) is 0.514. The Kier molecular flexibility index (Phi) is 8.92. The van der Waals surface area contributed by atoms with Crippen molar-refractivity contribution in [3.05, 3.63) is 59.2 Å². The van der Waals surface area contributed by atoms with Crippen LogP contribution >= 0.6 is 11.8 Å². The Bertz CT molecular complexity index is 1120. The third-order valence-corrected chi connectivity index (χ3v) is 9.29. The summed E-state index contributed by atoms with van der Waals surface area (Å²) in [5.74, 6) is 0.539. The van der Waals surface area contributed by atoms with Crippen molar-refractivity contribution in [3.8, 4) is 0 Å². The number of hydrogen-bond donors (Lipinski definition) is 1. The molecule has 190 valence electrons. The van der Waals surface area contributed by atoms with Gasteiger partial charge in [0.2, 0.25) is 10.0 Å². The van der Waals surface area contributed by atoms with Gasteiger partial charge in [0.1, 0.15) is 0 Å². The second kappa shape index (κ2) is 11.9. The number of nitrogens with zero attached hydrogens (tertiary/aromatic N) is 2. The normalized spacial score (nSPS) is 18.1. The fraction of sp³-hybridized carbons (Fsp3) is 0.519. The first-order valence-corrected chi connectivity index (χ1v) is 15.3. The van der Waals surface area contributed by atoms with E-state index >= 15 is 0 Å². The fourth-order valence-electron chi connectivity index (χ4n) is 4.88. The molecule has 0 atom stereocenters. The molecule has 0 bridgehead atoms. The van der Waals surface area contributed by atoms with E-state index in [1.807, 2.05) is 23.3 Å². The van der Waals surface area contributed by atoms with Crippen LogP contribution in [0.5, 0.6) is 0 Å². The maximum absolute atomic E-state index is 13.2. The number of hydrogen-bond acceptors (Lipinski definition) is 5. The van der Waals surface area contributed by atoms with E-state index in [1.54, 1.807) is 18.2 Å². The van der Waals surface area contributed by atoms with Crippen molar-refractivity contribution in [1.82, 2.24) is 14.5 Å². The number of amides is 1. The van der Waals surface area contributed by atoms with E-state index in [9.17, 15) is 13.2 Å². The van der Waals surface area contributed by atoms with Crippen LogP contribution in [0.2, 0.25) is 0 Å². The summed E-state index contributed by atoms with van der Waals surface area (Å²) in [5, 5.41) is 0. The van der Waals surface area contributed by atoms with E-state index in [0.29, 0.717) is 11.5 Å². The average molecular weight is 516 g/mol. The molecule has 8 heteroatoms. The lowest BCUT2D eigenvalue weighted by atomic mass is 9.98. The summed E-state index contributed by atoms with van der Waals surface area (Å²) < 4.78 is 29.0. The molecule has 2 aliphatic rings. The van der Waals surface area contributed by atoms with Crippen molar-refractivity contribution in [3.63, 3.8) is 0 Å². The Morgan fingerprint density at radius 1 is 1.00 bits per heavy atom. The monoisotopic (exact) mass is 515 g/mol. The van der Waals surface area contributed by atoms with Gasteiger partial charge in [-0.3, -0.25) is 9.69 Å². The fourth-order valence-corrected chi connectivity index (χ4v) is 6.49. The minimum atomic E-state index is -3.76. The molecule has 4 rings (SSSR count). The van der Waals surface area contributed by atoms with Crippen molar-refractivity contribution in [2.75, 3.05) is 32.4 Å². The minimum absolute atomic E-state index is 0.0799. The zero-order valence-corrected chi connectivity index (χ0v) is 22.5. The van der Waals surface area contributed by atoms with Crippen LogP contribution in [0.25, 0.3) is 0 Å². The van der Waals surface area contributed by atoms with Gasteiger partial charge in [-0.1, -0.05) is 37.6 Å². The molecule has 1 N–H and O–H groups in total. The Morgan fingerprint density at radius 2 is 1.71 bits per heavy atom. The van der Waals surface area contributed by atoms with E-state index in [0.717, 1.165) is 56.0 Å². The zero-order chi connectivity index (χ0) is 24.8. The number of likely N-dealkylation sites (tertiary alicyclic amines) is 2. The molecular weight excluding hydrogens is 478 g/mol. The molecule has 1 amide bonds. The number of thioether (sulfide) groups is 1. The highest BCUT2D eigenvalue weighted by molar-refractivity contribution is 7.98. The molecule has 0 unspecified atom stereocenters. The highest BCUT2D eigenvalue weighted by atomic mass is 32.2. The lowest BCUT2D eigenvalue weighted by Gasteiger charge is -2.30. The van der Waals surface area contributed by atoms with Crippen LogP contribution < -0.4 is 4.72 Å². The molecule has 2 aromatic rings. The smallest absolute Gasteiger partial charge is 0.255 e. The van der Waals surface area contributed by atoms with Gasteiger partial charge >= 0.3 is 0 Å². The first-order chi connectivity index (χ1) is 16.9. The number of carbonyl (C=O) groups excluding carboxylic acids is 1. The lowest BCUT2D eigenvalue weighted by molar-refractivity contribution is 0.0693. The van der Waals surface area contributed by atoms with Crippen molar-refractivity contribution in [1.29, 1.82) is 0 Å². The maximum atomic E-state index is 13.2. The van der Waals surface area contributed by atoms with E-state index in [2.05, 4.69) is 28.7 Å². The summed E-state index contributed by atoms with van der Waals surface area (Å²) in [7, 11) is -3.76. The molecule has 2 heterocycles. The Labute approximate surface area is 214 Å². The molecule has 0 saturated carbocycles. The lowest BCUT2D eigenvalue weighted by Crippen LogP contribution is -2.38. The molecule has 0 aliphatic carbocycles. The van der Waals surface area contributed by atoms with Gasteiger partial charge in [-0.2, -0.15) is 0 Å². The predicted octanol–water partition coefficient (Wildman–Crippen LogP) is 4.75. The maximum Gasteiger partial charge on any atom is 0.255 e. The standard InChI is InChI=1S/C27H37N3O3S2/c1-21-11-15-30(16-12-21)27(31)25-18-24(9-10-26(25)34-2)35(32,33)28-19-22-7-6-8-23(17-22)20-29-13-4-3-5-14-29/h6-10,17-18,21,28H,3-5,11-16,19-20H2,1-2H3. The van der Waals surface area contributed by atoms with Crippen molar-refractivity contribution in [2.24, 2.45) is 5.92 Å². The molecule has 2 aliphatic heterocycles. The van der Waals surface area contributed by atoms with Gasteiger partial charge in [0, 0.05) is 31.1 Å². The number of sulfonamides is 1. The molecule has 2 fully saturated rings. The first-order valence-electron chi connectivity index (χ1n) is 12.6. The Hall–Kier alpha value is -1.87. The van der Waals surface area contributed by atoms with E-state index in [1.165, 1.54) is 36.6 Å².